The second-order valence-electron chi connectivity index (χ2n) is 4.74. The van der Waals surface area contributed by atoms with Crippen molar-refractivity contribution >= 4 is 27.3 Å². The first-order valence-electron chi connectivity index (χ1n) is 6.57. The van der Waals surface area contributed by atoms with Gasteiger partial charge in [-0.15, -0.1) is 5.10 Å². The second kappa shape index (κ2) is 5.54. The molecule has 0 aliphatic heterocycles. The van der Waals surface area contributed by atoms with Gasteiger partial charge in [-0.3, -0.25) is 0 Å². The van der Waals surface area contributed by atoms with Crippen LogP contribution < -0.4 is 4.80 Å². The van der Waals surface area contributed by atoms with Gasteiger partial charge in [-0.1, -0.05) is 23.5 Å². The van der Waals surface area contributed by atoms with E-state index in [4.69, 9.17) is 0 Å². The number of nitrogens with zero attached hydrogens (tertiary/aromatic N) is 3. The van der Waals surface area contributed by atoms with Gasteiger partial charge in [0.25, 0.3) is 0 Å². The molecule has 0 unspecified atom stereocenters. The molecule has 106 valence electrons. The molecule has 1 aromatic heterocycles. The summed E-state index contributed by atoms with van der Waals surface area (Å²) in [6, 6.07) is 15.1. The van der Waals surface area contributed by atoms with Crippen molar-refractivity contribution < 1.29 is 5.11 Å². The normalized spacial score (nSPS) is 13.0. The maximum absolute atomic E-state index is 9.30. The van der Waals surface area contributed by atoms with Crippen LogP contribution in [-0.2, 0) is 7.05 Å². The predicted octanol–water partition coefficient (Wildman–Crippen LogP) is 3.27. The van der Waals surface area contributed by atoms with E-state index in [1.165, 1.54) is 4.70 Å². The number of aromatic nitrogens is 1. The number of hydrogen-bond acceptors (Lipinski definition) is 4. The lowest BCUT2D eigenvalue weighted by Crippen LogP contribution is -2.09. The van der Waals surface area contributed by atoms with Gasteiger partial charge < -0.3 is 9.67 Å². The lowest BCUT2D eigenvalue weighted by molar-refractivity contribution is 0.475. The fourth-order valence-electron chi connectivity index (χ4n) is 2.06. The number of phenolic OH excluding ortho intramolecular Hbond substituents is 1. The monoisotopic (exact) mass is 297 g/mol. The van der Waals surface area contributed by atoms with Gasteiger partial charge in [0.2, 0.25) is 4.80 Å². The molecule has 0 bridgehead atoms. The van der Waals surface area contributed by atoms with Crippen LogP contribution in [0.2, 0.25) is 0 Å². The number of aryl methyl sites for hydroxylation is 1. The molecule has 4 nitrogen and oxygen atoms in total. The van der Waals surface area contributed by atoms with Crippen molar-refractivity contribution in [1.29, 1.82) is 0 Å². The van der Waals surface area contributed by atoms with Gasteiger partial charge >= 0.3 is 0 Å². The smallest absolute Gasteiger partial charge is 0.211 e. The van der Waals surface area contributed by atoms with Crippen molar-refractivity contribution in [1.82, 2.24) is 4.57 Å². The topological polar surface area (TPSA) is 49.9 Å². The van der Waals surface area contributed by atoms with Gasteiger partial charge in [-0.05, 0) is 48.9 Å². The number of fused-ring (bicyclic) bond motifs is 1. The first-order chi connectivity index (χ1) is 10.1. The molecule has 0 saturated carbocycles. The molecule has 0 atom stereocenters. The van der Waals surface area contributed by atoms with E-state index in [0.717, 1.165) is 21.6 Å². The van der Waals surface area contributed by atoms with Gasteiger partial charge in [-0.25, -0.2) is 0 Å². The van der Waals surface area contributed by atoms with Gasteiger partial charge in [0.15, 0.2) is 0 Å². The van der Waals surface area contributed by atoms with Crippen LogP contribution in [0.15, 0.2) is 58.7 Å². The standard InChI is InChI=1S/C16H15N3OS/c1-11(12-7-9-13(20)10-8-12)17-18-16-19(2)14-5-3-4-6-15(14)21-16/h3-10,20H,1-2H3/b17-11+,18-16-. The SMILES string of the molecule is C/C(=N\N=c1/sc2ccccc2n1C)c1ccc(O)cc1. The fourth-order valence-corrected chi connectivity index (χ4v) is 3.03. The third-order valence-corrected chi connectivity index (χ3v) is 4.39. The molecule has 3 rings (SSSR count). The van der Waals surface area contributed by atoms with Crippen molar-refractivity contribution in [2.75, 3.05) is 0 Å². The predicted molar refractivity (Wildman–Crippen MR) is 86.7 cm³/mol. The van der Waals surface area contributed by atoms with Crippen LogP contribution in [0.25, 0.3) is 10.2 Å². The Morgan fingerprint density at radius 1 is 1.10 bits per heavy atom. The molecule has 1 N–H and O–H groups in total. The Hall–Kier alpha value is -2.40. The minimum absolute atomic E-state index is 0.249. The molecule has 0 spiro atoms. The van der Waals surface area contributed by atoms with Crippen LogP contribution >= 0.6 is 11.3 Å². The van der Waals surface area contributed by atoms with Gasteiger partial charge in [0, 0.05) is 7.05 Å². The Kier molecular flexibility index (Phi) is 3.58. The summed E-state index contributed by atoms with van der Waals surface area (Å²) in [6.45, 7) is 1.91. The van der Waals surface area contributed by atoms with Crippen molar-refractivity contribution in [3.8, 4) is 5.75 Å². The van der Waals surface area contributed by atoms with Crippen LogP contribution in [0.5, 0.6) is 5.75 Å². The minimum atomic E-state index is 0.249. The molecule has 21 heavy (non-hydrogen) atoms. The van der Waals surface area contributed by atoms with E-state index < -0.39 is 0 Å². The molecule has 0 aliphatic rings. The van der Waals surface area contributed by atoms with Gasteiger partial charge in [-0.2, -0.15) is 5.10 Å². The van der Waals surface area contributed by atoms with Gasteiger partial charge in [0.05, 0.1) is 15.9 Å². The van der Waals surface area contributed by atoms with Gasteiger partial charge in [0.1, 0.15) is 5.75 Å². The number of aromatic hydroxyl groups is 1. The van der Waals surface area contributed by atoms with Crippen LogP contribution in [-0.4, -0.2) is 15.4 Å². The molecular formula is C16H15N3OS. The maximum atomic E-state index is 9.30. The van der Waals surface area contributed by atoms with Crippen molar-refractivity contribution in [2.45, 2.75) is 6.92 Å². The number of hydrogen-bond donors (Lipinski definition) is 1. The molecule has 1 heterocycles. The number of benzene rings is 2. The molecule has 0 fully saturated rings. The summed E-state index contributed by atoms with van der Waals surface area (Å²) in [7, 11) is 1.99. The zero-order valence-electron chi connectivity index (χ0n) is 11.8. The number of thiazole rings is 1. The van der Waals surface area contributed by atoms with E-state index in [1.54, 1.807) is 23.5 Å². The molecule has 5 heteroatoms. The molecule has 0 aliphatic carbocycles. The summed E-state index contributed by atoms with van der Waals surface area (Å²) in [5, 5.41) is 17.9. The Morgan fingerprint density at radius 2 is 1.81 bits per heavy atom. The summed E-state index contributed by atoms with van der Waals surface area (Å²) in [6.07, 6.45) is 0. The summed E-state index contributed by atoms with van der Waals surface area (Å²) >= 11 is 1.61. The van der Waals surface area contributed by atoms with E-state index >= 15 is 0 Å². The molecule has 0 radical (unpaired) electrons. The van der Waals surface area contributed by atoms with Crippen molar-refractivity contribution in [3.05, 3.63) is 58.9 Å². The largest absolute Gasteiger partial charge is 0.508 e. The lowest BCUT2D eigenvalue weighted by atomic mass is 10.1. The average molecular weight is 297 g/mol. The molecule has 0 saturated heterocycles. The highest BCUT2D eigenvalue weighted by Crippen LogP contribution is 2.15. The number of para-hydroxylation sites is 1. The molecule has 2 aromatic carbocycles. The fraction of sp³-hybridized carbons (Fsp3) is 0.125. The third kappa shape index (κ3) is 2.73. The Bertz CT molecular complexity index is 872. The van der Waals surface area contributed by atoms with Crippen LogP contribution in [0.4, 0.5) is 0 Å². The Balaban J connectivity index is 2.02. The lowest BCUT2D eigenvalue weighted by Gasteiger charge is -1.98. The van der Waals surface area contributed by atoms with Crippen molar-refractivity contribution in [2.24, 2.45) is 17.3 Å². The minimum Gasteiger partial charge on any atom is -0.508 e. The Labute approximate surface area is 126 Å². The van der Waals surface area contributed by atoms with E-state index in [1.807, 2.05) is 42.8 Å². The zero-order valence-corrected chi connectivity index (χ0v) is 12.6. The summed E-state index contributed by atoms with van der Waals surface area (Å²) in [5.74, 6) is 0.249. The Morgan fingerprint density at radius 3 is 2.52 bits per heavy atom. The van der Waals surface area contributed by atoms with E-state index in [-0.39, 0.29) is 5.75 Å². The highest BCUT2D eigenvalue weighted by molar-refractivity contribution is 7.16. The first-order valence-corrected chi connectivity index (χ1v) is 7.39. The second-order valence-corrected chi connectivity index (χ2v) is 5.75. The number of rotatable bonds is 2. The van der Waals surface area contributed by atoms with Crippen LogP contribution in [0.1, 0.15) is 12.5 Å². The van der Waals surface area contributed by atoms with E-state index in [2.05, 4.69) is 22.3 Å². The van der Waals surface area contributed by atoms with E-state index in [9.17, 15) is 5.11 Å². The average Bonchev–Trinajstić information content (AvgIpc) is 2.82. The van der Waals surface area contributed by atoms with E-state index in [0.29, 0.717) is 0 Å². The summed E-state index contributed by atoms with van der Waals surface area (Å²) in [5.41, 5.74) is 2.91. The molecule has 0 amide bonds. The summed E-state index contributed by atoms with van der Waals surface area (Å²) in [4.78, 5) is 0.856. The molecular weight excluding hydrogens is 282 g/mol. The highest BCUT2D eigenvalue weighted by atomic mass is 32.1. The zero-order chi connectivity index (χ0) is 14.8. The molecule has 3 aromatic rings. The van der Waals surface area contributed by atoms with Crippen LogP contribution in [0, 0.1) is 0 Å². The van der Waals surface area contributed by atoms with Crippen molar-refractivity contribution in [3.63, 3.8) is 0 Å². The van der Waals surface area contributed by atoms with Crippen LogP contribution in [0.3, 0.4) is 0 Å². The quantitative estimate of drug-likeness (QED) is 0.573. The maximum Gasteiger partial charge on any atom is 0.211 e. The summed E-state index contributed by atoms with van der Waals surface area (Å²) < 4.78 is 3.23. The first kappa shape index (κ1) is 13.6. The number of phenols is 1. The highest BCUT2D eigenvalue weighted by Gasteiger charge is 2.01. The third-order valence-electron chi connectivity index (χ3n) is 3.29.